The Kier molecular flexibility index (Phi) is 5.88. The number of benzene rings is 1. The van der Waals surface area contributed by atoms with Crippen LogP contribution in [0.15, 0.2) is 53.5 Å². The minimum Gasteiger partial charge on any atom is -0.437 e. The van der Waals surface area contributed by atoms with Crippen molar-refractivity contribution in [3.05, 3.63) is 69.9 Å². The number of fused-ring (bicyclic) bond motifs is 1. The smallest absolute Gasteiger partial charge is 0.416 e. The number of ether oxygens (including phenoxy) is 1. The van der Waals surface area contributed by atoms with Crippen LogP contribution in [0.5, 0.6) is 11.6 Å². The molecule has 3 aromatic heterocycles. The van der Waals surface area contributed by atoms with E-state index in [1.165, 1.54) is 33.3 Å². The molecule has 0 saturated carbocycles. The topological polar surface area (TPSA) is 74.3 Å². The lowest BCUT2D eigenvalue weighted by atomic mass is 10.0. The Labute approximate surface area is 185 Å². The lowest BCUT2D eigenvalue weighted by Crippen LogP contribution is -2.18. The summed E-state index contributed by atoms with van der Waals surface area (Å²) in [6, 6.07) is 9.09. The molecular formula is C21H17ClF3N5O2. The average Bonchev–Trinajstić information content (AvgIpc) is 3.13. The quantitative estimate of drug-likeness (QED) is 0.392. The molecule has 0 atom stereocenters. The van der Waals surface area contributed by atoms with Crippen LogP contribution in [0.4, 0.5) is 13.2 Å². The predicted molar refractivity (Wildman–Crippen MR) is 112 cm³/mol. The number of aryl methyl sites for hydroxylation is 1. The van der Waals surface area contributed by atoms with E-state index in [0.29, 0.717) is 23.3 Å². The van der Waals surface area contributed by atoms with Crippen LogP contribution in [-0.2, 0) is 12.7 Å². The fourth-order valence-electron chi connectivity index (χ4n) is 3.13. The maximum atomic E-state index is 13.4. The van der Waals surface area contributed by atoms with Gasteiger partial charge in [-0.05, 0) is 48.4 Å². The molecule has 0 radical (unpaired) electrons. The molecular weight excluding hydrogens is 447 g/mol. The number of alkyl halides is 3. The van der Waals surface area contributed by atoms with Gasteiger partial charge >= 0.3 is 6.18 Å². The normalized spacial score (nSPS) is 11.8. The molecule has 11 heteroatoms. The van der Waals surface area contributed by atoms with Gasteiger partial charge in [-0.15, -0.1) is 15.3 Å². The van der Waals surface area contributed by atoms with Crippen molar-refractivity contribution in [2.45, 2.75) is 32.5 Å². The van der Waals surface area contributed by atoms with Gasteiger partial charge in [0.1, 0.15) is 5.75 Å². The standard InChI is InChI=1S/C21H17ClF3N5O2/c1-2-3-10-29-12-13(4-9-19(29)31)15-6-5-14(21(23,24)25)11-16(15)32-18-8-7-17-26-27-20(22)30(17)28-18/h4-9,11-12H,2-3,10H2,1H3. The van der Waals surface area contributed by atoms with Crippen molar-refractivity contribution >= 4 is 17.2 Å². The summed E-state index contributed by atoms with van der Waals surface area (Å²) in [5.74, 6) is -0.0735. The molecule has 0 bridgehead atoms. The van der Waals surface area contributed by atoms with E-state index >= 15 is 0 Å². The van der Waals surface area contributed by atoms with Crippen molar-refractivity contribution in [2.24, 2.45) is 0 Å². The van der Waals surface area contributed by atoms with Crippen molar-refractivity contribution in [1.29, 1.82) is 0 Å². The Hall–Kier alpha value is -3.40. The summed E-state index contributed by atoms with van der Waals surface area (Å²) < 4.78 is 48.6. The highest BCUT2D eigenvalue weighted by atomic mass is 35.5. The molecule has 0 aliphatic rings. The van der Waals surface area contributed by atoms with E-state index in [0.717, 1.165) is 25.0 Å². The minimum absolute atomic E-state index is 0.000853. The van der Waals surface area contributed by atoms with Gasteiger partial charge in [0.2, 0.25) is 11.2 Å². The van der Waals surface area contributed by atoms with Crippen molar-refractivity contribution in [2.75, 3.05) is 0 Å². The molecule has 0 aliphatic carbocycles. The largest absolute Gasteiger partial charge is 0.437 e. The molecule has 0 saturated heterocycles. The number of aromatic nitrogens is 5. The summed E-state index contributed by atoms with van der Waals surface area (Å²) >= 11 is 5.92. The summed E-state index contributed by atoms with van der Waals surface area (Å²) in [7, 11) is 0. The van der Waals surface area contributed by atoms with Crippen molar-refractivity contribution in [1.82, 2.24) is 24.4 Å². The number of pyridine rings is 1. The van der Waals surface area contributed by atoms with Gasteiger partial charge in [-0.25, -0.2) is 0 Å². The first kappa shape index (κ1) is 21.8. The number of unbranched alkanes of at least 4 members (excludes halogenated alkanes) is 1. The molecule has 0 aliphatic heterocycles. The third-order valence-electron chi connectivity index (χ3n) is 4.77. The molecule has 3 heterocycles. The summed E-state index contributed by atoms with van der Waals surface area (Å²) in [6.45, 7) is 2.51. The Morgan fingerprint density at radius 3 is 2.66 bits per heavy atom. The molecule has 166 valence electrons. The SMILES string of the molecule is CCCCn1cc(-c2ccc(C(F)(F)F)cc2Oc2ccc3nnc(Cl)n3n2)ccc1=O. The van der Waals surface area contributed by atoms with Crippen LogP contribution in [0, 0.1) is 0 Å². The predicted octanol–water partition coefficient (Wildman–Crippen LogP) is 5.22. The van der Waals surface area contributed by atoms with Crippen LogP contribution in [0.2, 0.25) is 5.28 Å². The Morgan fingerprint density at radius 2 is 1.91 bits per heavy atom. The summed E-state index contributed by atoms with van der Waals surface area (Å²) in [4.78, 5) is 12.1. The van der Waals surface area contributed by atoms with Crippen LogP contribution in [0.1, 0.15) is 25.3 Å². The Bertz CT molecular complexity index is 1330. The summed E-state index contributed by atoms with van der Waals surface area (Å²) in [5.41, 5.74) is 0.201. The van der Waals surface area contributed by atoms with Gasteiger partial charge in [0, 0.05) is 36.0 Å². The lowest BCUT2D eigenvalue weighted by Gasteiger charge is -2.15. The summed E-state index contributed by atoms with van der Waals surface area (Å²) in [5, 5.41) is 11.6. The Morgan fingerprint density at radius 1 is 1.09 bits per heavy atom. The van der Waals surface area contributed by atoms with Crippen LogP contribution >= 0.6 is 11.6 Å². The van der Waals surface area contributed by atoms with E-state index in [9.17, 15) is 18.0 Å². The Balaban J connectivity index is 1.80. The molecule has 0 unspecified atom stereocenters. The lowest BCUT2D eigenvalue weighted by molar-refractivity contribution is -0.137. The van der Waals surface area contributed by atoms with E-state index in [-0.39, 0.29) is 22.5 Å². The average molecular weight is 464 g/mol. The first-order chi connectivity index (χ1) is 15.3. The highest BCUT2D eigenvalue weighted by molar-refractivity contribution is 6.28. The maximum Gasteiger partial charge on any atom is 0.416 e. The van der Waals surface area contributed by atoms with Gasteiger partial charge in [-0.1, -0.05) is 13.3 Å². The second kappa shape index (κ2) is 8.62. The van der Waals surface area contributed by atoms with E-state index in [4.69, 9.17) is 16.3 Å². The molecule has 4 rings (SSSR count). The number of hydrogen-bond donors (Lipinski definition) is 0. The zero-order valence-electron chi connectivity index (χ0n) is 16.8. The van der Waals surface area contributed by atoms with Gasteiger partial charge in [0.15, 0.2) is 5.65 Å². The van der Waals surface area contributed by atoms with Gasteiger partial charge in [0.05, 0.1) is 5.56 Å². The van der Waals surface area contributed by atoms with Gasteiger partial charge in [-0.2, -0.15) is 17.7 Å². The monoisotopic (exact) mass is 463 g/mol. The number of rotatable bonds is 6. The van der Waals surface area contributed by atoms with Gasteiger partial charge in [-0.3, -0.25) is 4.79 Å². The zero-order chi connectivity index (χ0) is 22.9. The van der Waals surface area contributed by atoms with E-state index < -0.39 is 11.7 Å². The third-order valence-corrected chi connectivity index (χ3v) is 5.01. The first-order valence-electron chi connectivity index (χ1n) is 9.74. The van der Waals surface area contributed by atoms with Crippen LogP contribution < -0.4 is 10.3 Å². The van der Waals surface area contributed by atoms with Gasteiger partial charge < -0.3 is 9.30 Å². The van der Waals surface area contributed by atoms with E-state index in [1.54, 1.807) is 12.3 Å². The third kappa shape index (κ3) is 4.45. The summed E-state index contributed by atoms with van der Waals surface area (Å²) in [6.07, 6.45) is -1.26. The maximum absolute atomic E-state index is 13.4. The van der Waals surface area contributed by atoms with Crippen LogP contribution in [0.3, 0.4) is 0 Å². The number of nitrogens with zero attached hydrogens (tertiary/aromatic N) is 5. The molecule has 0 spiro atoms. The fraction of sp³-hybridized carbons (Fsp3) is 0.238. The molecule has 4 aromatic rings. The highest BCUT2D eigenvalue weighted by Gasteiger charge is 2.31. The molecule has 0 N–H and O–H groups in total. The van der Waals surface area contributed by atoms with Crippen molar-refractivity contribution in [3.63, 3.8) is 0 Å². The van der Waals surface area contributed by atoms with E-state index in [2.05, 4.69) is 15.3 Å². The zero-order valence-corrected chi connectivity index (χ0v) is 17.6. The van der Waals surface area contributed by atoms with E-state index in [1.807, 2.05) is 6.92 Å². The van der Waals surface area contributed by atoms with Crippen molar-refractivity contribution in [3.8, 4) is 22.8 Å². The molecule has 1 aromatic carbocycles. The fourth-order valence-corrected chi connectivity index (χ4v) is 3.29. The first-order valence-corrected chi connectivity index (χ1v) is 10.1. The number of hydrogen-bond acceptors (Lipinski definition) is 5. The molecule has 0 amide bonds. The van der Waals surface area contributed by atoms with Crippen LogP contribution in [0.25, 0.3) is 16.8 Å². The molecule has 0 fully saturated rings. The van der Waals surface area contributed by atoms with Crippen LogP contribution in [-0.4, -0.2) is 24.4 Å². The second-order valence-electron chi connectivity index (χ2n) is 7.02. The second-order valence-corrected chi connectivity index (χ2v) is 7.36. The molecule has 7 nitrogen and oxygen atoms in total. The number of halogens is 4. The van der Waals surface area contributed by atoms with Gasteiger partial charge in [0.25, 0.3) is 5.56 Å². The highest BCUT2D eigenvalue weighted by Crippen LogP contribution is 2.38. The molecule has 32 heavy (non-hydrogen) atoms. The minimum atomic E-state index is -4.56. The van der Waals surface area contributed by atoms with Crippen molar-refractivity contribution < 1.29 is 17.9 Å².